The minimum Gasteiger partial charge on any atom is -1.00 e. The van der Waals surface area contributed by atoms with Gasteiger partial charge in [0.2, 0.25) is 0 Å². The van der Waals surface area contributed by atoms with Gasteiger partial charge in [0.15, 0.2) is 17.4 Å². The average Bonchev–Trinajstić information content (AvgIpc) is 2.02. The van der Waals surface area contributed by atoms with Crippen molar-refractivity contribution < 1.29 is 37.4 Å². The van der Waals surface area contributed by atoms with Gasteiger partial charge in [-0.2, -0.15) is 0 Å². The Balaban J connectivity index is -0.0000000418. The Morgan fingerprint density at radius 1 is 0.765 bits per heavy atom. The predicted octanol–water partition coefficient (Wildman–Crippen LogP) is -5.68. The molecule has 0 aliphatic carbocycles. The number of hydrogen-bond donors (Lipinski definition) is 7. The van der Waals surface area contributed by atoms with E-state index >= 15 is 0 Å². The molecule has 0 radical (unpaired) electrons. The number of hydrogen-bond acceptors (Lipinski definition) is 8. The van der Waals surface area contributed by atoms with Crippen LogP contribution in [-0.4, -0.2) is 128 Å². The maximum absolute atomic E-state index is 8.48. The summed E-state index contributed by atoms with van der Waals surface area (Å²) in [5, 5.41) is 25.5. The fourth-order valence-corrected chi connectivity index (χ4v) is 0.760. The van der Waals surface area contributed by atoms with E-state index < -0.39 is 9.05 Å². The van der Waals surface area contributed by atoms with E-state index in [1.54, 1.807) is 4.90 Å². The summed E-state index contributed by atoms with van der Waals surface area (Å²) in [4.78, 5) is 31.1. The maximum Gasteiger partial charge on any atom is 2.00 e. The molecule has 104 valence electrons. The molecule has 7 N–H and O–H groups in total. The van der Waals surface area contributed by atoms with Crippen LogP contribution in [0.1, 0.15) is 2.85 Å². The molecule has 0 aromatic carbocycles. The average molecular weight is 302 g/mol. The molecule has 0 saturated carbocycles. The zero-order chi connectivity index (χ0) is 12.3. The third kappa shape index (κ3) is 38.2. The first kappa shape index (κ1) is 26.7. The summed E-state index contributed by atoms with van der Waals surface area (Å²) < 4.78 is 0. The van der Waals surface area contributed by atoms with Crippen LogP contribution < -0.4 is 0 Å². The summed E-state index contributed by atoms with van der Waals surface area (Å²) in [5.41, 5.74) is 0. The normalized spacial score (nSPS) is 9.88. The Hall–Kier alpha value is 1.20. The van der Waals surface area contributed by atoms with E-state index in [9.17, 15) is 0 Å². The quantitative estimate of drug-likeness (QED) is 0.240. The summed E-state index contributed by atoms with van der Waals surface area (Å²) in [5.74, 6) is 0. The first-order valence-corrected chi connectivity index (χ1v) is 6.08. The molecule has 0 rings (SSSR count). The van der Waals surface area contributed by atoms with Crippen LogP contribution in [0.15, 0.2) is 0 Å². The van der Waals surface area contributed by atoms with Gasteiger partial charge in [0.05, 0.1) is 19.8 Å². The molecule has 11 heteroatoms. The van der Waals surface area contributed by atoms with Crippen LogP contribution in [0.2, 0.25) is 0 Å². The van der Waals surface area contributed by atoms with Crippen LogP contribution in [0.4, 0.5) is 0 Å². The van der Waals surface area contributed by atoms with E-state index in [1.165, 1.54) is 0 Å². The Morgan fingerprint density at radius 3 is 1.06 bits per heavy atom. The molecule has 0 aliphatic heterocycles. The monoisotopic (exact) mass is 301 g/mol. The third-order valence-corrected chi connectivity index (χ3v) is 1.25. The van der Waals surface area contributed by atoms with Gasteiger partial charge in [-0.25, -0.2) is 0 Å². The van der Waals surface area contributed by atoms with E-state index in [-0.39, 0.29) is 63.1 Å². The van der Waals surface area contributed by atoms with Gasteiger partial charge in [0.1, 0.15) is 0 Å². The van der Waals surface area contributed by atoms with Gasteiger partial charge in [-0.15, -0.1) is 0 Å². The molecule has 0 saturated heterocycles. The largest absolute Gasteiger partial charge is 2.00 e. The smallest absolute Gasteiger partial charge is 1.00 e. The third-order valence-electron chi connectivity index (χ3n) is 1.25. The van der Waals surface area contributed by atoms with E-state index in [2.05, 4.69) is 0 Å². The van der Waals surface area contributed by atoms with Crippen molar-refractivity contribution in [2.75, 3.05) is 39.5 Å². The molecule has 0 aliphatic rings. The van der Waals surface area contributed by atoms with Crippen molar-refractivity contribution in [2.45, 2.75) is 0 Å². The van der Waals surface area contributed by atoms with Gasteiger partial charge in [0.25, 0.3) is 0 Å². The van der Waals surface area contributed by atoms with Crippen LogP contribution in [0.3, 0.4) is 0 Å². The number of nitrogens with zero attached hydrogens (tertiary/aromatic N) is 1. The molecule has 8 nitrogen and oxygen atoms in total. The fraction of sp³-hybridized carbons (Fsp3) is 1.00. The maximum atomic E-state index is 8.48. The van der Waals surface area contributed by atoms with Gasteiger partial charge in [-0.05, 0) is 0 Å². The van der Waals surface area contributed by atoms with Crippen molar-refractivity contribution in [1.82, 2.24) is 4.90 Å². The molecule has 0 aromatic heterocycles. The molecular weight excluding hydrogens is 277 g/mol. The molecule has 0 fully saturated rings. The summed E-state index contributed by atoms with van der Waals surface area (Å²) in [6, 6.07) is 0. The molecule has 0 spiro atoms. The van der Waals surface area contributed by atoms with E-state index in [0.29, 0.717) is 19.6 Å². The molecule has 0 amide bonds. The Labute approximate surface area is 131 Å². The van der Waals surface area contributed by atoms with Crippen LogP contribution in [0, 0.1) is 0 Å². The molecule has 0 bridgehead atoms. The van der Waals surface area contributed by atoms with Crippen molar-refractivity contribution in [3.63, 3.8) is 0 Å². The summed E-state index contributed by atoms with van der Waals surface area (Å²) >= 11 is 0. The second-order valence-electron chi connectivity index (χ2n) is 2.61. The first-order chi connectivity index (χ1) is 6.85. The first-order valence-electron chi connectivity index (χ1n) is 4.29. The SMILES string of the molecule is OCCN(CCO)CCO.O[Si](O)(O)O.[AlH3].[H-].[H-].[Mg+2]. The van der Waals surface area contributed by atoms with Crippen LogP contribution >= 0.6 is 0 Å². The minimum atomic E-state index is -4.61. The predicted molar refractivity (Wildman–Crippen MR) is 70.2 cm³/mol. The van der Waals surface area contributed by atoms with E-state index in [1.807, 2.05) is 0 Å². The van der Waals surface area contributed by atoms with Gasteiger partial charge < -0.3 is 37.4 Å². The van der Waals surface area contributed by atoms with Crippen molar-refractivity contribution in [3.05, 3.63) is 0 Å². The molecule has 0 atom stereocenters. The van der Waals surface area contributed by atoms with Crippen LogP contribution in [-0.2, 0) is 0 Å². The second kappa shape index (κ2) is 17.2. The van der Waals surface area contributed by atoms with Gasteiger partial charge >= 0.3 is 32.1 Å². The standard InChI is InChI=1S/C6H15NO3.Al.Mg.H4O4Si.5H/c8-4-1-7(2-5-9)3-6-10;;;1-5(2,3)4;;;;;/h8-10H,1-6H2;;;1-4H;;;;;/q;;+2;;;;;2*-1. The summed E-state index contributed by atoms with van der Waals surface area (Å²) in [6.07, 6.45) is 0. The van der Waals surface area contributed by atoms with Crippen molar-refractivity contribution >= 4 is 49.5 Å². The van der Waals surface area contributed by atoms with Gasteiger partial charge in [-0.3, -0.25) is 4.90 Å². The van der Waals surface area contributed by atoms with Gasteiger partial charge in [-0.1, -0.05) is 0 Å². The zero-order valence-electron chi connectivity index (χ0n) is 11.0. The summed E-state index contributed by atoms with van der Waals surface area (Å²) in [6.45, 7) is 1.75. The van der Waals surface area contributed by atoms with E-state index in [4.69, 9.17) is 34.5 Å². The van der Waals surface area contributed by atoms with Crippen LogP contribution in [0.5, 0.6) is 0 Å². The van der Waals surface area contributed by atoms with Crippen molar-refractivity contribution in [2.24, 2.45) is 0 Å². The zero-order valence-corrected chi connectivity index (χ0v) is 11.4. The molecule has 0 heterocycles. The second-order valence-corrected chi connectivity index (χ2v) is 3.81. The topological polar surface area (TPSA) is 145 Å². The molecule has 17 heavy (non-hydrogen) atoms. The Bertz CT molecular complexity index is 131. The molecular formula is C6H24AlMgNO7Si. The Morgan fingerprint density at radius 2 is 0.941 bits per heavy atom. The summed E-state index contributed by atoms with van der Waals surface area (Å²) in [7, 11) is -4.61. The molecule has 0 aromatic rings. The number of aliphatic hydroxyl groups is 3. The molecule has 0 unspecified atom stereocenters. The van der Waals surface area contributed by atoms with Gasteiger partial charge in [0, 0.05) is 19.6 Å². The number of aliphatic hydroxyl groups excluding tert-OH is 3. The minimum absolute atomic E-state index is 0. The fourth-order valence-electron chi connectivity index (χ4n) is 0.760. The Kier molecular flexibility index (Phi) is 27.0. The van der Waals surface area contributed by atoms with Crippen LogP contribution in [0.25, 0.3) is 0 Å². The number of rotatable bonds is 6. The van der Waals surface area contributed by atoms with E-state index in [0.717, 1.165) is 0 Å². The van der Waals surface area contributed by atoms with Crippen molar-refractivity contribution in [1.29, 1.82) is 0 Å². The van der Waals surface area contributed by atoms with Crippen molar-refractivity contribution in [3.8, 4) is 0 Å².